The van der Waals surface area contributed by atoms with Gasteiger partial charge in [-0.1, -0.05) is 36.4 Å². The highest BCUT2D eigenvalue weighted by Gasteiger charge is 2.05. The maximum absolute atomic E-state index is 5.42. The third-order valence-electron chi connectivity index (χ3n) is 4.76. The summed E-state index contributed by atoms with van der Waals surface area (Å²) in [4.78, 5) is 4.71. The average Bonchev–Trinajstić information content (AvgIpc) is 3.18. The molecule has 0 radical (unpaired) electrons. The summed E-state index contributed by atoms with van der Waals surface area (Å²) < 4.78 is 6.42. The SMILES string of the molecule is COc1ccc(CCNC(=S)Nc2ccc(Cc3nc4ccccc4s3)cc2)cc1. The van der Waals surface area contributed by atoms with Crippen LogP contribution in [0.1, 0.15) is 16.1 Å². The first-order valence-electron chi connectivity index (χ1n) is 9.81. The van der Waals surface area contributed by atoms with Crippen LogP contribution in [0, 0.1) is 0 Å². The molecule has 6 heteroatoms. The van der Waals surface area contributed by atoms with Gasteiger partial charge in [-0.15, -0.1) is 11.3 Å². The Balaban J connectivity index is 1.25. The number of benzene rings is 3. The molecule has 0 fully saturated rings. The zero-order valence-electron chi connectivity index (χ0n) is 16.7. The number of anilines is 1. The van der Waals surface area contributed by atoms with E-state index < -0.39 is 0 Å². The van der Waals surface area contributed by atoms with Gasteiger partial charge < -0.3 is 15.4 Å². The monoisotopic (exact) mass is 433 g/mol. The maximum atomic E-state index is 5.42. The van der Waals surface area contributed by atoms with E-state index in [0.29, 0.717) is 5.11 Å². The first-order chi connectivity index (χ1) is 14.7. The minimum absolute atomic E-state index is 0.627. The summed E-state index contributed by atoms with van der Waals surface area (Å²) in [6.45, 7) is 0.772. The van der Waals surface area contributed by atoms with E-state index in [1.54, 1.807) is 18.4 Å². The van der Waals surface area contributed by atoms with Crippen molar-refractivity contribution in [1.29, 1.82) is 0 Å². The van der Waals surface area contributed by atoms with Crippen molar-refractivity contribution < 1.29 is 4.74 Å². The van der Waals surface area contributed by atoms with Crippen LogP contribution in [-0.4, -0.2) is 23.8 Å². The number of nitrogens with zero attached hydrogens (tertiary/aromatic N) is 1. The normalized spacial score (nSPS) is 10.7. The predicted molar refractivity (Wildman–Crippen MR) is 130 cm³/mol. The first kappa shape index (κ1) is 20.3. The number of fused-ring (bicyclic) bond motifs is 1. The van der Waals surface area contributed by atoms with Crippen LogP contribution >= 0.6 is 23.6 Å². The highest BCUT2D eigenvalue weighted by Crippen LogP contribution is 2.24. The molecule has 0 saturated carbocycles. The van der Waals surface area contributed by atoms with E-state index in [9.17, 15) is 0 Å². The Morgan fingerprint density at radius 1 is 0.967 bits per heavy atom. The number of nitrogens with one attached hydrogen (secondary N) is 2. The molecule has 2 N–H and O–H groups in total. The van der Waals surface area contributed by atoms with Crippen molar-refractivity contribution in [2.45, 2.75) is 12.8 Å². The Labute approximate surface area is 185 Å². The van der Waals surface area contributed by atoms with Crippen LogP contribution in [-0.2, 0) is 12.8 Å². The third kappa shape index (κ3) is 5.34. The number of rotatable bonds is 7. The second-order valence-corrected chi connectivity index (χ2v) is 8.45. The fourth-order valence-corrected chi connectivity index (χ4v) is 4.39. The van der Waals surface area contributed by atoms with E-state index in [0.717, 1.165) is 41.3 Å². The highest BCUT2D eigenvalue weighted by molar-refractivity contribution is 7.80. The zero-order chi connectivity index (χ0) is 20.8. The molecule has 30 heavy (non-hydrogen) atoms. The molecule has 4 rings (SSSR count). The number of ether oxygens (including phenoxy) is 1. The zero-order valence-corrected chi connectivity index (χ0v) is 18.4. The molecule has 152 valence electrons. The summed E-state index contributed by atoms with van der Waals surface area (Å²) in [5, 5.41) is 8.26. The lowest BCUT2D eigenvalue weighted by molar-refractivity contribution is 0.414. The molecule has 0 amide bonds. The van der Waals surface area contributed by atoms with Crippen molar-refractivity contribution in [2.75, 3.05) is 19.0 Å². The van der Waals surface area contributed by atoms with Gasteiger partial charge in [-0.05, 0) is 66.2 Å². The highest BCUT2D eigenvalue weighted by atomic mass is 32.1. The molecule has 0 bridgehead atoms. The number of aromatic nitrogens is 1. The topological polar surface area (TPSA) is 46.2 Å². The van der Waals surface area contributed by atoms with Crippen molar-refractivity contribution in [1.82, 2.24) is 10.3 Å². The van der Waals surface area contributed by atoms with Gasteiger partial charge in [0.25, 0.3) is 0 Å². The minimum Gasteiger partial charge on any atom is -0.497 e. The van der Waals surface area contributed by atoms with Crippen LogP contribution < -0.4 is 15.4 Å². The summed E-state index contributed by atoms with van der Waals surface area (Å²) >= 11 is 7.17. The summed E-state index contributed by atoms with van der Waals surface area (Å²) in [5.74, 6) is 0.871. The van der Waals surface area contributed by atoms with Crippen molar-refractivity contribution >= 4 is 44.6 Å². The molecule has 0 atom stereocenters. The third-order valence-corrected chi connectivity index (χ3v) is 6.05. The van der Waals surface area contributed by atoms with Crippen molar-refractivity contribution in [3.8, 4) is 5.75 Å². The van der Waals surface area contributed by atoms with Gasteiger partial charge in [-0.25, -0.2) is 4.98 Å². The van der Waals surface area contributed by atoms with Crippen molar-refractivity contribution in [3.63, 3.8) is 0 Å². The standard InChI is InChI=1S/C24H23N3OS2/c1-28-20-12-8-17(9-13-20)14-15-25-24(29)26-19-10-6-18(7-11-19)16-23-27-21-4-2-3-5-22(21)30-23/h2-13H,14-16H2,1H3,(H2,25,26,29). The number of thiocarbonyl (C=S) groups is 1. The quantitative estimate of drug-likeness (QED) is 0.381. The lowest BCUT2D eigenvalue weighted by Crippen LogP contribution is -2.30. The number of hydrogen-bond donors (Lipinski definition) is 2. The Morgan fingerprint density at radius 2 is 1.70 bits per heavy atom. The van der Waals surface area contributed by atoms with Crippen molar-refractivity contribution in [2.24, 2.45) is 0 Å². The van der Waals surface area contributed by atoms with Crippen LogP contribution in [0.4, 0.5) is 5.69 Å². The fraction of sp³-hybridized carbons (Fsp3) is 0.167. The van der Waals surface area contributed by atoms with Crippen LogP contribution in [0.15, 0.2) is 72.8 Å². The molecule has 4 aromatic rings. The Hall–Kier alpha value is -2.96. The van der Waals surface area contributed by atoms with E-state index in [2.05, 4.69) is 65.2 Å². The van der Waals surface area contributed by atoms with Gasteiger partial charge in [0.15, 0.2) is 5.11 Å². The second-order valence-electron chi connectivity index (χ2n) is 6.93. The van der Waals surface area contributed by atoms with E-state index in [-0.39, 0.29) is 0 Å². The van der Waals surface area contributed by atoms with E-state index in [1.165, 1.54) is 15.8 Å². The van der Waals surface area contributed by atoms with Crippen LogP contribution in [0.2, 0.25) is 0 Å². The maximum Gasteiger partial charge on any atom is 0.170 e. The van der Waals surface area contributed by atoms with Gasteiger partial charge >= 0.3 is 0 Å². The molecule has 0 aliphatic carbocycles. The molecule has 0 unspecified atom stereocenters. The van der Waals surface area contributed by atoms with Crippen LogP contribution in [0.5, 0.6) is 5.75 Å². The molecule has 1 heterocycles. The number of para-hydroxylation sites is 1. The lowest BCUT2D eigenvalue weighted by Gasteiger charge is -2.11. The molecule has 0 aliphatic rings. The molecule has 0 aliphatic heterocycles. The Morgan fingerprint density at radius 3 is 2.43 bits per heavy atom. The average molecular weight is 434 g/mol. The predicted octanol–water partition coefficient (Wildman–Crippen LogP) is 5.42. The number of methoxy groups -OCH3 is 1. The van der Waals surface area contributed by atoms with Gasteiger partial charge in [0.05, 0.1) is 22.3 Å². The summed E-state index contributed by atoms with van der Waals surface area (Å²) in [6.07, 6.45) is 1.73. The van der Waals surface area contributed by atoms with E-state index >= 15 is 0 Å². The summed E-state index contributed by atoms with van der Waals surface area (Å²) in [5.41, 5.74) is 4.52. The molecular weight excluding hydrogens is 410 g/mol. The summed E-state index contributed by atoms with van der Waals surface area (Å²) in [7, 11) is 1.67. The molecule has 1 aromatic heterocycles. The molecule has 0 spiro atoms. The van der Waals surface area contributed by atoms with Gasteiger partial charge in [0.1, 0.15) is 5.75 Å². The van der Waals surface area contributed by atoms with Crippen molar-refractivity contribution in [3.05, 3.63) is 88.9 Å². The van der Waals surface area contributed by atoms with Gasteiger partial charge in [0.2, 0.25) is 0 Å². The van der Waals surface area contributed by atoms with Gasteiger partial charge in [-0.2, -0.15) is 0 Å². The minimum atomic E-state index is 0.627. The largest absolute Gasteiger partial charge is 0.497 e. The Bertz CT molecular complexity index is 1090. The van der Waals surface area contributed by atoms with E-state index in [4.69, 9.17) is 21.9 Å². The van der Waals surface area contributed by atoms with Crippen LogP contribution in [0.3, 0.4) is 0 Å². The molecule has 4 nitrogen and oxygen atoms in total. The fourth-order valence-electron chi connectivity index (χ4n) is 3.16. The Kier molecular flexibility index (Phi) is 6.57. The summed E-state index contributed by atoms with van der Waals surface area (Å²) in [6, 6.07) is 24.7. The molecular formula is C24H23N3OS2. The molecule has 3 aromatic carbocycles. The second kappa shape index (κ2) is 9.69. The number of thiazole rings is 1. The van der Waals surface area contributed by atoms with Gasteiger partial charge in [-0.3, -0.25) is 0 Å². The molecule has 0 saturated heterocycles. The van der Waals surface area contributed by atoms with Crippen LogP contribution in [0.25, 0.3) is 10.2 Å². The number of hydrogen-bond acceptors (Lipinski definition) is 4. The smallest absolute Gasteiger partial charge is 0.170 e. The lowest BCUT2D eigenvalue weighted by atomic mass is 10.1. The first-order valence-corrected chi connectivity index (χ1v) is 11.0. The van der Waals surface area contributed by atoms with Gasteiger partial charge in [0, 0.05) is 18.7 Å². The van der Waals surface area contributed by atoms with E-state index in [1.807, 2.05) is 18.2 Å².